The molecule has 0 heterocycles. The highest BCUT2D eigenvalue weighted by atomic mass is 19.4. The third-order valence-corrected chi connectivity index (χ3v) is 3.16. The molecule has 0 bridgehead atoms. The van der Waals surface area contributed by atoms with Gasteiger partial charge in [0.15, 0.2) is 0 Å². The molecule has 1 aromatic rings. The van der Waals surface area contributed by atoms with Gasteiger partial charge in [0.05, 0.1) is 0 Å². The van der Waals surface area contributed by atoms with Gasteiger partial charge in [0.1, 0.15) is 11.5 Å². The number of hydrogen-bond donors (Lipinski definition) is 0. The predicted octanol–water partition coefficient (Wildman–Crippen LogP) is 4.13. The largest absolute Gasteiger partial charge is 0.573 e. The van der Waals surface area contributed by atoms with Crippen LogP contribution in [0.25, 0.3) is 0 Å². The zero-order valence-corrected chi connectivity index (χ0v) is 11.2. The fourth-order valence-corrected chi connectivity index (χ4v) is 1.43. The van der Waals surface area contributed by atoms with Crippen LogP contribution in [0.2, 0.25) is 0 Å². The summed E-state index contributed by atoms with van der Waals surface area (Å²) in [4.78, 5) is 12.0. The molecule has 0 atom stereocenters. The van der Waals surface area contributed by atoms with Crippen LogP contribution in [-0.2, 0) is 11.2 Å². The van der Waals surface area contributed by atoms with E-state index in [0.29, 0.717) is 5.56 Å². The first kappa shape index (κ1) is 15.5. The van der Waals surface area contributed by atoms with Crippen LogP contribution >= 0.6 is 0 Å². The minimum Gasteiger partial charge on any atom is -0.406 e. The first-order valence-electron chi connectivity index (χ1n) is 6.02. The van der Waals surface area contributed by atoms with E-state index < -0.39 is 11.8 Å². The summed E-state index contributed by atoms with van der Waals surface area (Å²) in [6.07, 6.45) is -3.75. The van der Waals surface area contributed by atoms with Gasteiger partial charge in [0.2, 0.25) is 0 Å². The minimum absolute atomic E-state index is 0.0690. The second kappa shape index (κ2) is 5.63. The summed E-state index contributed by atoms with van der Waals surface area (Å²) in [7, 11) is 0. The number of ether oxygens (including phenoxy) is 1. The highest BCUT2D eigenvalue weighted by Crippen LogP contribution is 2.25. The zero-order chi connectivity index (χ0) is 14.7. The second-order valence-corrected chi connectivity index (χ2v) is 5.03. The molecule has 0 aliphatic rings. The van der Waals surface area contributed by atoms with Gasteiger partial charge in [0, 0.05) is 11.8 Å². The standard InChI is InChI=1S/C14H17F3O2/c1-4-13(2,3)12(18)9-10-5-7-11(8-6-10)19-14(15,16)17/h5-8H,4,9H2,1-3H3. The van der Waals surface area contributed by atoms with Crippen molar-refractivity contribution in [1.82, 2.24) is 0 Å². The zero-order valence-electron chi connectivity index (χ0n) is 11.2. The fraction of sp³-hybridized carbons (Fsp3) is 0.500. The molecule has 5 heteroatoms. The van der Waals surface area contributed by atoms with Crippen molar-refractivity contribution in [3.8, 4) is 5.75 Å². The maximum absolute atomic E-state index is 12.0. The quantitative estimate of drug-likeness (QED) is 0.806. The minimum atomic E-state index is -4.69. The van der Waals surface area contributed by atoms with E-state index in [4.69, 9.17) is 0 Å². The molecule has 0 aliphatic heterocycles. The van der Waals surface area contributed by atoms with Crippen molar-refractivity contribution in [3.63, 3.8) is 0 Å². The highest BCUT2D eigenvalue weighted by Gasteiger charge is 2.31. The van der Waals surface area contributed by atoms with E-state index in [9.17, 15) is 18.0 Å². The van der Waals surface area contributed by atoms with Crippen molar-refractivity contribution in [3.05, 3.63) is 29.8 Å². The Morgan fingerprint density at radius 1 is 1.16 bits per heavy atom. The van der Waals surface area contributed by atoms with Crippen LogP contribution in [0.1, 0.15) is 32.8 Å². The number of hydrogen-bond acceptors (Lipinski definition) is 2. The van der Waals surface area contributed by atoms with E-state index in [0.717, 1.165) is 6.42 Å². The van der Waals surface area contributed by atoms with E-state index in [1.165, 1.54) is 24.3 Å². The SMILES string of the molecule is CCC(C)(C)C(=O)Cc1ccc(OC(F)(F)F)cc1. The van der Waals surface area contributed by atoms with Gasteiger partial charge in [-0.2, -0.15) is 0 Å². The Bertz CT molecular complexity index is 433. The van der Waals surface area contributed by atoms with Gasteiger partial charge < -0.3 is 4.74 Å². The Hall–Kier alpha value is -1.52. The molecule has 0 saturated heterocycles. The van der Waals surface area contributed by atoms with E-state index in [1.54, 1.807) is 0 Å². The number of halogens is 3. The Balaban J connectivity index is 2.70. The first-order chi connectivity index (χ1) is 8.64. The maximum atomic E-state index is 12.0. The topological polar surface area (TPSA) is 26.3 Å². The van der Waals surface area contributed by atoms with E-state index in [2.05, 4.69) is 4.74 Å². The number of alkyl halides is 3. The summed E-state index contributed by atoms with van der Waals surface area (Å²) >= 11 is 0. The average molecular weight is 274 g/mol. The second-order valence-electron chi connectivity index (χ2n) is 5.03. The Labute approximate surface area is 110 Å². The normalized spacial score (nSPS) is 12.3. The maximum Gasteiger partial charge on any atom is 0.573 e. The summed E-state index contributed by atoms with van der Waals surface area (Å²) in [5.74, 6) is -0.210. The molecule has 0 radical (unpaired) electrons. The molecule has 1 rings (SSSR count). The molecule has 0 amide bonds. The van der Waals surface area contributed by atoms with Crippen molar-refractivity contribution < 1.29 is 22.7 Å². The molecule has 0 unspecified atom stereocenters. The van der Waals surface area contributed by atoms with Crippen LogP contribution < -0.4 is 4.74 Å². The van der Waals surface area contributed by atoms with Crippen molar-refractivity contribution in [2.45, 2.75) is 40.0 Å². The van der Waals surface area contributed by atoms with Crippen LogP contribution in [-0.4, -0.2) is 12.1 Å². The van der Waals surface area contributed by atoms with Crippen LogP contribution in [0.15, 0.2) is 24.3 Å². The van der Waals surface area contributed by atoms with E-state index >= 15 is 0 Å². The lowest BCUT2D eigenvalue weighted by Gasteiger charge is -2.20. The molecule has 0 saturated carbocycles. The molecule has 0 aromatic heterocycles. The lowest BCUT2D eigenvalue weighted by Crippen LogP contribution is -2.25. The number of benzene rings is 1. The van der Waals surface area contributed by atoms with Gasteiger partial charge >= 0.3 is 6.36 Å². The van der Waals surface area contributed by atoms with Crippen molar-refractivity contribution in [1.29, 1.82) is 0 Å². The molecule has 0 aliphatic carbocycles. The Morgan fingerprint density at radius 2 is 1.68 bits per heavy atom. The summed E-state index contributed by atoms with van der Waals surface area (Å²) in [5.41, 5.74) is 0.266. The molecule has 2 nitrogen and oxygen atoms in total. The van der Waals surface area contributed by atoms with Crippen molar-refractivity contribution >= 4 is 5.78 Å². The van der Waals surface area contributed by atoms with Crippen LogP contribution in [0.5, 0.6) is 5.75 Å². The average Bonchev–Trinajstić information content (AvgIpc) is 2.29. The summed E-state index contributed by atoms with van der Waals surface area (Å²) in [6, 6.07) is 5.39. The number of ketones is 1. The highest BCUT2D eigenvalue weighted by molar-refractivity contribution is 5.86. The number of carbonyl (C=O) groups is 1. The van der Waals surface area contributed by atoms with E-state index in [1.807, 2.05) is 20.8 Å². The van der Waals surface area contributed by atoms with Crippen molar-refractivity contribution in [2.75, 3.05) is 0 Å². The molecule has 0 fully saturated rings. The van der Waals surface area contributed by atoms with Crippen LogP contribution in [0, 0.1) is 5.41 Å². The predicted molar refractivity (Wildman–Crippen MR) is 65.9 cm³/mol. The molecule has 0 spiro atoms. The molecule has 0 N–H and O–H groups in total. The lowest BCUT2D eigenvalue weighted by atomic mass is 9.82. The number of rotatable bonds is 5. The Kier molecular flexibility index (Phi) is 4.61. The molecule has 19 heavy (non-hydrogen) atoms. The summed E-state index contributed by atoms with van der Waals surface area (Å²) in [5, 5.41) is 0. The monoisotopic (exact) mass is 274 g/mol. The fourth-order valence-electron chi connectivity index (χ4n) is 1.43. The summed E-state index contributed by atoms with van der Waals surface area (Å²) < 4.78 is 39.7. The van der Waals surface area contributed by atoms with Gasteiger partial charge in [-0.25, -0.2) is 0 Å². The number of carbonyl (C=O) groups excluding carboxylic acids is 1. The molecular formula is C14H17F3O2. The van der Waals surface area contributed by atoms with Crippen LogP contribution in [0.4, 0.5) is 13.2 Å². The van der Waals surface area contributed by atoms with Gasteiger partial charge in [0.25, 0.3) is 0 Å². The number of Topliss-reactive ketones (excluding diaryl/α,β-unsaturated/α-hetero) is 1. The smallest absolute Gasteiger partial charge is 0.406 e. The van der Waals surface area contributed by atoms with Gasteiger partial charge in [-0.3, -0.25) is 4.79 Å². The van der Waals surface area contributed by atoms with Gasteiger partial charge in [-0.15, -0.1) is 13.2 Å². The third kappa shape index (κ3) is 4.93. The molecule has 1 aromatic carbocycles. The molecule has 106 valence electrons. The summed E-state index contributed by atoms with van der Waals surface area (Å²) in [6.45, 7) is 5.64. The Morgan fingerprint density at radius 3 is 2.11 bits per heavy atom. The first-order valence-corrected chi connectivity index (χ1v) is 6.02. The van der Waals surface area contributed by atoms with Gasteiger partial charge in [-0.1, -0.05) is 32.9 Å². The van der Waals surface area contributed by atoms with Crippen LogP contribution in [0.3, 0.4) is 0 Å². The molecular weight excluding hydrogens is 257 g/mol. The van der Waals surface area contributed by atoms with Crippen molar-refractivity contribution in [2.24, 2.45) is 5.41 Å². The van der Waals surface area contributed by atoms with E-state index in [-0.39, 0.29) is 18.0 Å². The lowest BCUT2D eigenvalue weighted by molar-refractivity contribution is -0.274. The third-order valence-electron chi connectivity index (χ3n) is 3.16. The van der Waals surface area contributed by atoms with Gasteiger partial charge in [-0.05, 0) is 24.1 Å².